The molecule has 0 bridgehead atoms. The number of hydrogen-bond donors (Lipinski definition) is 0. The average Bonchev–Trinajstić information content (AvgIpc) is 3.23. The van der Waals surface area contributed by atoms with Crippen LogP contribution < -0.4 is 10.4 Å². The molecular weight excluding hydrogens is 476 g/mol. The van der Waals surface area contributed by atoms with Gasteiger partial charge in [-0.15, -0.1) is 12.4 Å². The van der Waals surface area contributed by atoms with Crippen molar-refractivity contribution < 1.29 is 16.6 Å². The molecule has 4 heteroatoms. The minimum Gasteiger partial charge on any atom is -0.147 e. The number of benzene rings is 2. The smallest absolute Gasteiger partial charge is 0.147 e. The van der Waals surface area contributed by atoms with Crippen LogP contribution in [0.5, 0.6) is 0 Å². The van der Waals surface area contributed by atoms with Crippen molar-refractivity contribution in [3.63, 3.8) is 0 Å². The monoisotopic (exact) mass is 514 g/mol. The first kappa shape index (κ1) is 24.5. The average molecular weight is 515 g/mol. The Bertz CT molecular complexity index is 1060. The second-order valence-corrected chi connectivity index (χ2v) is 29.8. The molecule has 5 rings (SSSR count). The largest absolute Gasteiger partial charge is 0.147 e. The van der Waals surface area contributed by atoms with Gasteiger partial charge in [-0.2, -0.15) is 0 Å². The van der Waals surface area contributed by atoms with Gasteiger partial charge < -0.3 is 0 Å². The molecule has 2 atom stereocenters. The van der Waals surface area contributed by atoms with Crippen molar-refractivity contribution >= 4 is 51.1 Å². The Morgan fingerprint density at radius 3 is 1.34 bits per heavy atom. The molecule has 0 amide bonds. The summed E-state index contributed by atoms with van der Waals surface area (Å²) in [5, 5.41) is 3.34. The van der Waals surface area contributed by atoms with Gasteiger partial charge in [-0.1, -0.05) is 0 Å². The van der Waals surface area contributed by atoms with Crippen LogP contribution in [0.3, 0.4) is 0 Å². The second-order valence-electron chi connectivity index (χ2n) is 12.5. The summed E-state index contributed by atoms with van der Waals surface area (Å²) < 4.78 is 4.61. The zero-order valence-electron chi connectivity index (χ0n) is 21.1. The molecule has 2 aliphatic carbocycles. The number of allylic oxidation sites excluding steroid dienone is 2. The Kier molecular flexibility index (Phi) is 6.08. The van der Waals surface area contributed by atoms with Gasteiger partial charge in [0.2, 0.25) is 0 Å². The summed E-state index contributed by atoms with van der Waals surface area (Å²) in [6.07, 6.45) is 5.21. The summed E-state index contributed by atoms with van der Waals surface area (Å²) in [5.41, 5.74) is 10.0. The van der Waals surface area contributed by atoms with E-state index in [1.807, 2.05) is 0 Å². The molecule has 1 heterocycles. The number of hydrogen-bond acceptors (Lipinski definition) is 0. The number of fused-ring (bicyclic) bond motifs is 2. The van der Waals surface area contributed by atoms with Gasteiger partial charge >= 0.3 is 196 Å². The van der Waals surface area contributed by atoms with E-state index in [2.05, 4.69) is 102 Å². The minimum atomic E-state index is -2.13. The molecular formula is C28H39ClSi2Ti. The zero-order valence-corrected chi connectivity index (χ0v) is 25.5. The number of rotatable bonds is 4. The van der Waals surface area contributed by atoms with E-state index in [4.69, 9.17) is 0 Å². The van der Waals surface area contributed by atoms with E-state index in [-0.39, 0.29) is 12.4 Å². The van der Waals surface area contributed by atoms with Crippen LogP contribution in [0, 0.1) is 0 Å². The first-order chi connectivity index (χ1) is 14.4. The van der Waals surface area contributed by atoms with Gasteiger partial charge in [0.15, 0.2) is 0 Å². The van der Waals surface area contributed by atoms with Gasteiger partial charge in [0.25, 0.3) is 0 Å². The van der Waals surface area contributed by atoms with E-state index in [9.17, 15) is 0 Å². The van der Waals surface area contributed by atoms with Crippen LogP contribution >= 0.6 is 12.4 Å². The van der Waals surface area contributed by atoms with Gasteiger partial charge in [0.05, 0.1) is 0 Å². The van der Waals surface area contributed by atoms with Crippen LogP contribution in [0.4, 0.5) is 0 Å². The van der Waals surface area contributed by atoms with E-state index in [1.54, 1.807) is 53.2 Å². The van der Waals surface area contributed by atoms with Crippen LogP contribution in [-0.4, -0.2) is 16.1 Å². The maximum absolute atomic E-state index is 2.60. The Hall–Kier alpha value is -0.642. The summed E-state index contributed by atoms with van der Waals surface area (Å²) in [4.78, 5) is 0. The molecule has 1 saturated heterocycles. The third-order valence-corrected chi connectivity index (χ3v) is 20.8. The topological polar surface area (TPSA) is 0 Å². The van der Waals surface area contributed by atoms with Gasteiger partial charge in [0, 0.05) is 0 Å². The summed E-state index contributed by atoms with van der Waals surface area (Å²) in [5.74, 6) is 0. The fourth-order valence-electron chi connectivity index (χ4n) is 6.83. The molecule has 0 saturated carbocycles. The van der Waals surface area contributed by atoms with Gasteiger partial charge in [0.1, 0.15) is 0 Å². The molecule has 170 valence electrons. The molecule has 2 unspecified atom stereocenters. The molecule has 2 aromatic carbocycles. The second kappa shape index (κ2) is 7.95. The van der Waals surface area contributed by atoms with E-state index in [0.717, 1.165) is 8.45 Å². The molecule has 0 N–H and O–H groups in total. The van der Waals surface area contributed by atoms with Crippen molar-refractivity contribution in [3.05, 3.63) is 69.8 Å². The Morgan fingerprint density at radius 2 is 1.03 bits per heavy atom. The molecule has 3 aliphatic rings. The fourth-order valence-corrected chi connectivity index (χ4v) is 20.5. The first-order valence-corrected chi connectivity index (χ1v) is 23.1. The SMILES string of the molecule is CC1=Cc2c(cccc2[Si](C)(C)C)[CH]1[Ti]1([CH]2C(C)=Cc3c2cccc3[Si](C)(C)C)[CH2][CH2]1.Cl. The van der Waals surface area contributed by atoms with Crippen molar-refractivity contribution in [3.8, 4) is 0 Å². The van der Waals surface area contributed by atoms with Crippen LogP contribution in [0.25, 0.3) is 12.2 Å². The summed E-state index contributed by atoms with van der Waals surface area (Å²) in [7, 11) is -2.70. The van der Waals surface area contributed by atoms with Crippen molar-refractivity contribution in [1.82, 2.24) is 0 Å². The quantitative estimate of drug-likeness (QED) is 0.365. The Balaban J connectivity index is 0.00000245. The standard InChI is InChI=1S/2C13H17Si.C2H4.ClH.Ti/c2*1-10-8-11-6-5-7-13(12(11)9-10)14(2,3)4;1-2;;/h2*5-9H,1-4H3;1-2H2;1H;. The first-order valence-electron chi connectivity index (χ1n) is 12.1. The van der Waals surface area contributed by atoms with Gasteiger partial charge in [-0.05, 0) is 0 Å². The number of halogens is 1. The predicted octanol–water partition coefficient (Wildman–Crippen LogP) is 7.82. The Morgan fingerprint density at radius 1 is 0.656 bits per heavy atom. The molecule has 0 nitrogen and oxygen atoms in total. The molecule has 2 aromatic rings. The van der Waals surface area contributed by atoms with Crippen LogP contribution in [0.2, 0.25) is 48.7 Å². The van der Waals surface area contributed by atoms with Crippen LogP contribution in [0.1, 0.15) is 44.5 Å². The van der Waals surface area contributed by atoms with E-state index in [1.165, 1.54) is 0 Å². The predicted molar refractivity (Wildman–Crippen MR) is 148 cm³/mol. The minimum absolute atomic E-state index is 0. The molecule has 1 fully saturated rings. The van der Waals surface area contributed by atoms with E-state index < -0.39 is 32.7 Å². The zero-order chi connectivity index (χ0) is 22.3. The van der Waals surface area contributed by atoms with Crippen LogP contribution in [0.15, 0.2) is 47.5 Å². The van der Waals surface area contributed by atoms with Crippen molar-refractivity contribution in [1.29, 1.82) is 0 Å². The molecule has 32 heavy (non-hydrogen) atoms. The molecule has 0 radical (unpaired) electrons. The normalized spacial score (nSPS) is 23.1. The molecule has 0 aromatic heterocycles. The Labute approximate surface area is 207 Å². The summed E-state index contributed by atoms with van der Waals surface area (Å²) >= 11 is -2.13. The van der Waals surface area contributed by atoms with Crippen LogP contribution in [-0.2, 0) is 16.6 Å². The fraction of sp³-hybridized carbons (Fsp3) is 0.429. The summed E-state index contributed by atoms with van der Waals surface area (Å²) in [6, 6.07) is 14.6. The van der Waals surface area contributed by atoms with Gasteiger partial charge in [-0.25, -0.2) is 0 Å². The van der Waals surface area contributed by atoms with Gasteiger partial charge in [-0.3, -0.25) is 0 Å². The van der Waals surface area contributed by atoms with E-state index >= 15 is 0 Å². The molecule has 0 spiro atoms. The molecule has 1 aliphatic heterocycles. The van der Waals surface area contributed by atoms with Crippen molar-refractivity contribution in [2.45, 2.75) is 71.0 Å². The van der Waals surface area contributed by atoms with Crippen molar-refractivity contribution in [2.24, 2.45) is 0 Å². The van der Waals surface area contributed by atoms with E-state index in [0.29, 0.717) is 0 Å². The third kappa shape index (κ3) is 3.66. The summed E-state index contributed by atoms with van der Waals surface area (Å²) in [6.45, 7) is 19.9. The maximum Gasteiger partial charge on any atom is -0.147 e. The van der Waals surface area contributed by atoms with Crippen molar-refractivity contribution in [2.75, 3.05) is 0 Å². The maximum atomic E-state index is 2.60. The third-order valence-electron chi connectivity index (χ3n) is 8.15.